The summed E-state index contributed by atoms with van der Waals surface area (Å²) in [5.41, 5.74) is 0. The summed E-state index contributed by atoms with van der Waals surface area (Å²) in [4.78, 5) is 0. The van der Waals surface area contributed by atoms with E-state index in [4.69, 9.17) is 3.79 Å². The zero-order valence-electron chi connectivity index (χ0n) is 5.63. The Hall–Kier alpha value is 1.19. The molecule has 0 spiro atoms. The lowest BCUT2D eigenvalue weighted by Gasteiger charge is -2.11. The highest BCUT2D eigenvalue weighted by Crippen LogP contribution is 2.14. The van der Waals surface area contributed by atoms with Gasteiger partial charge in [-0.05, 0) is 5.75 Å². The van der Waals surface area contributed by atoms with E-state index >= 15 is 0 Å². The van der Waals surface area contributed by atoms with Gasteiger partial charge in [-0.25, -0.2) is 10.1 Å². The lowest BCUT2D eigenvalue weighted by Crippen LogP contribution is -2.15. The third kappa shape index (κ3) is 3.80. The Bertz CT molecular complexity index is 73.4. The van der Waals surface area contributed by atoms with Crippen LogP contribution in [0.15, 0.2) is 0 Å². The van der Waals surface area contributed by atoms with Crippen LogP contribution in [-0.2, 0) is 3.79 Å². The van der Waals surface area contributed by atoms with E-state index in [0.29, 0.717) is 0 Å². The van der Waals surface area contributed by atoms with Crippen LogP contribution in [0.4, 0.5) is 0 Å². The minimum Gasteiger partial charge on any atom is -0.492 e. The van der Waals surface area contributed by atoms with Gasteiger partial charge in [-0.1, -0.05) is 5.79 Å². The molecule has 4 heteroatoms. The van der Waals surface area contributed by atoms with E-state index in [1.54, 1.807) is 0 Å². The van der Waals surface area contributed by atoms with Crippen molar-refractivity contribution in [1.29, 1.82) is 0 Å². The summed E-state index contributed by atoms with van der Waals surface area (Å²) in [7, 11) is 2.05. The molecular formula is C5H11AlOS2. The Labute approximate surface area is 68.7 Å². The molecule has 0 aromatic rings. The topological polar surface area (TPSA) is 9.23 Å². The van der Waals surface area contributed by atoms with Crippen molar-refractivity contribution in [3.63, 3.8) is 0 Å². The second kappa shape index (κ2) is 4.93. The van der Waals surface area contributed by atoms with Gasteiger partial charge in [0.1, 0.15) is 0 Å². The van der Waals surface area contributed by atoms with Crippen LogP contribution >= 0.6 is 21.9 Å². The molecule has 0 saturated carbocycles. The summed E-state index contributed by atoms with van der Waals surface area (Å²) < 4.78 is 5.56. The number of hydrogen-bond donors (Lipinski definition) is 0. The Morgan fingerprint density at radius 1 is 1.33 bits per heavy atom. The van der Waals surface area contributed by atoms with Crippen LogP contribution in [0.3, 0.4) is 0 Å². The number of hydrogen-bond acceptors (Lipinski definition) is 3. The van der Waals surface area contributed by atoms with Crippen molar-refractivity contribution in [3.8, 4) is 0 Å². The highest BCUT2D eigenvalue weighted by atomic mass is 32.3. The van der Waals surface area contributed by atoms with Crippen molar-refractivity contribution < 1.29 is 3.79 Å². The van der Waals surface area contributed by atoms with Crippen molar-refractivity contribution in [2.45, 2.75) is 5.79 Å². The largest absolute Gasteiger partial charge is 0.544 e. The smallest absolute Gasteiger partial charge is 0.492 e. The SMILES string of the molecule is [CH3][Al]1[O]CCSCC[S]1. The average Bonchev–Trinajstić information content (AvgIpc) is 1.79. The first-order valence-electron chi connectivity index (χ1n) is 3.20. The predicted octanol–water partition coefficient (Wildman–Crippen LogP) is 1.60. The predicted molar refractivity (Wildman–Crippen MR) is 47.4 cm³/mol. The van der Waals surface area contributed by atoms with Crippen LogP contribution in [0.1, 0.15) is 0 Å². The zero-order valence-corrected chi connectivity index (χ0v) is 8.42. The molecular weight excluding hydrogens is 167 g/mol. The van der Waals surface area contributed by atoms with Gasteiger partial charge < -0.3 is 3.79 Å². The van der Waals surface area contributed by atoms with Gasteiger partial charge >= 0.3 is 13.3 Å². The molecule has 0 atom stereocenters. The molecule has 0 unspecified atom stereocenters. The third-order valence-electron chi connectivity index (χ3n) is 1.16. The highest BCUT2D eigenvalue weighted by molar-refractivity contribution is 8.25. The van der Waals surface area contributed by atoms with Gasteiger partial charge in [0, 0.05) is 18.1 Å². The first kappa shape index (κ1) is 8.29. The molecule has 0 amide bonds. The van der Waals surface area contributed by atoms with Crippen molar-refractivity contribution in [2.24, 2.45) is 0 Å². The van der Waals surface area contributed by atoms with E-state index in [2.05, 4.69) is 5.79 Å². The van der Waals surface area contributed by atoms with Crippen LogP contribution in [0.25, 0.3) is 0 Å². The highest BCUT2D eigenvalue weighted by Gasteiger charge is 2.15. The molecule has 0 bridgehead atoms. The molecule has 0 aromatic carbocycles. The van der Waals surface area contributed by atoms with Gasteiger partial charge in [0.2, 0.25) is 0 Å². The van der Waals surface area contributed by atoms with E-state index < -0.39 is 13.3 Å². The summed E-state index contributed by atoms with van der Waals surface area (Å²) in [6, 6.07) is 0. The quantitative estimate of drug-likeness (QED) is 0.521. The lowest BCUT2D eigenvalue weighted by atomic mass is 10.9. The molecule has 1 nitrogen and oxygen atoms in total. The summed E-state index contributed by atoms with van der Waals surface area (Å²) in [5, 5.41) is 0. The van der Waals surface area contributed by atoms with Gasteiger partial charge in [-0.3, -0.25) is 0 Å². The Balaban J connectivity index is 2.12. The minimum absolute atomic E-state index is 0.765. The molecule has 1 saturated heterocycles. The molecule has 9 heavy (non-hydrogen) atoms. The van der Waals surface area contributed by atoms with Gasteiger partial charge in [0.15, 0.2) is 0 Å². The fraction of sp³-hybridized carbons (Fsp3) is 1.00. The molecule has 0 N–H and O–H groups in total. The summed E-state index contributed by atoms with van der Waals surface area (Å²) in [6.07, 6.45) is 0. The van der Waals surface area contributed by atoms with E-state index in [-0.39, 0.29) is 0 Å². The maximum atomic E-state index is 5.56. The van der Waals surface area contributed by atoms with E-state index in [1.807, 2.05) is 21.9 Å². The molecule has 1 heterocycles. The minimum atomic E-state index is -0.765. The van der Waals surface area contributed by atoms with Gasteiger partial charge in [0.05, 0.1) is 0 Å². The Kier molecular flexibility index (Phi) is 4.54. The van der Waals surface area contributed by atoms with Crippen LogP contribution in [0.2, 0.25) is 5.79 Å². The summed E-state index contributed by atoms with van der Waals surface area (Å²) in [5.74, 6) is 6.10. The second-order valence-electron chi connectivity index (χ2n) is 1.92. The van der Waals surface area contributed by atoms with Crippen molar-refractivity contribution in [1.82, 2.24) is 0 Å². The molecule has 1 rings (SSSR count). The number of thioether (sulfide) groups is 1. The first-order valence-corrected chi connectivity index (χ1v) is 8.45. The standard InChI is InChI=1S/C4H9OS2.CH3.Al/c5-1-3-7-4-2-6;;/h6H,1-4H2;1H3;/q-1;;+2/p-1. The van der Waals surface area contributed by atoms with Gasteiger partial charge in [-0.15, -0.1) is 0 Å². The monoisotopic (exact) mass is 178 g/mol. The molecule has 0 aliphatic carbocycles. The molecule has 1 fully saturated rings. The molecule has 1 aliphatic heterocycles. The zero-order chi connectivity index (χ0) is 6.53. The molecule has 0 aromatic heterocycles. The second-order valence-corrected chi connectivity index (χ2v) is 8.35. The van der Waals surface area contributed by atoms with E-state index in [0.717, 1.165) is 6.61 Å². The van der Waals surface area contributed by atoms with Crippen LogP contribution in [0, 0.1) is 0 Å². The number of rotatable bonds is 0. The van der Waals surface area contributed by atoms with Gasteiger partial charge in [-0.2, -0.15) is 11.8 Å². The van der Waals surface area contributed by atoms with Crippen LogP contribution in [-0.4, -0.2) is 37.2 Å². The fourth-order valence-corrected chi connectivity index (χ4v) is 5.46. The normalized spacial score (nSPS) is 23.0. The van der Waals surface area contributed by atoms with Crippen LogP contribution in [0.5, 0.6) is 0 Å². The summed E-state index contributed by atoms with van der Waals surface area (Å²) >= 11 is 1.24. The fourth-order valence-electron chi connectivity index (χ4n) is 0.696. The molecule has 52 valence electrons. The van der Waals surface area contributed by atoms with E-state index in [9.17, 15) is 0 Å². The Morgan fingerprint density at radius 2 is 2.22 bits per heavy atom. The molecule has 1 aliphatic rings. The summed E-state index contributed by atoms with van der Waals surface area (Å²) in [6.45, 7) is 0.991. The average molecular weight is 178 g/mol. The third-order valence-corrected chi connectivity index (χ3v) is 6.50. The Morgan fingerprint density at radius 3 is 3.11 bits per heavy atom. The van der Waals surface area contributed by atoms with Gasteiger partial charge in [0.25, 0.3) is 0 Å². The van der Waals surface area contributed by atoms with Crippen molar-refractivity contribution in [3.05, 3.63) is 0 Å². The van der Waals surface area contributed by atoms with Crippen molar-refractivity contribution in [2.75, 3.05) is 23.9 Å². The van der Waals surface area contributed by atoms with E-state index in [1.165, 1.54) is 17.3 Å². The first-order chi connectivity index (χ1) is 4.39. The lowest BCUT2D eigenvalue weighted by molar-refractivity contribution is 0.363. The maximum Gasteiger partial charge on any atom is 0.544 e. The van der Waals surface area contributed by atoms with Crippen LogP contribution < -0.4 is 0 Å². The maximum absolute atomic E-state index is 5.56. The van der Waals surface area contributed by atoms with Crippen molar-refractivity contribution >= 4 is 35.2 Å². The molecule has 0 radical (unpaired) electrons.